The van der Waals surface area contributed by atoms with E-state index in [1.807, 2.05) is 24.5 Å². The van der Waals surface area contributed by atoms with E-state index in [0.29, 0.717) is 13.2 Å². The minimum atomic E-state index is -0.600. The third-order valence-corrected chi connectivity index (χ3v) is 7.27. The van der Waals surface area contributed by atoms with Crippen LogP contribution in [0.5, 0.6) is 5.75 Å². The predicted octanol–water partition coefficient (Wildman–Crippen LogP) is 5.62. The Morgan fingerprint density at radius 1 is 0.757 bits per heavy atom. The van der Waals surface area contributed by atoms with Crippen LogP contribution in [-0.4, -0.2) is 29.2 Å². The molecule has 0 saturated carbocycles. The zero-order valence-corrected chi connectivity index (χ0v) is 20.7. The molecule has 5 heteroatoms. The molecule has 5 nitrogen and oxygen atoms in total. The van der Waals surface area contributed by atoms with Crippen molar-refractivity contribution in [3.8, 4) is 5.75 Å². The van der Waals surface area contributed by atoms with E-state index >= 15 is 0 Å². The first-order valence-corrected chi connectivity index (χ1v) is 12.7. The van der Waals surface area contributed by atoms with E-state index in [1.165, 1.54) is 0 Å². The Bertz CT molecular complexity index is 1350. The molecule has 6 rings (SSSR count). The molecule has 0 fully saturated rings. The third kappa shape index (κ3) is 3.98. The van der Waals surface area contributed by atoms with Gasteiger partial charge in [-0.05, 0) is 28.8 Å². The highest BCUT2D eigenvalue weighted by atomic mass is 16.5. The van der Waals surface area contributed by atoms with Crippen LogP contribution in [0.15, 0.2) is 128 Å². The Kier molecular flexibility index (Phi) is 6.21. The standard InChI is InChI=1S/C32H30N4O/c33-22-30(36-20-21-37-31-19-11-10-18-29(31)36)28-23-35(24-34-28)32(25-12-4-1-5-13-25,26-14-6-2-7-15-26)27-16-8-3-9-17-27/h1-19,23-24,30H,20-22,33H2. The van der Waals surface area contributed by atoms with Crippen molar-refractivity contribution in [2.24, 2.45) is 5.73 Å². The Balaban J connectivity index is 1.53. The number of rotatable bonds is 7. The fourth-order valence-corrected chi connectivity index (χ4v) is 5.60. The van der Waals surface area contributed by atoms with Crippen LogP contribution in [-0.2, 0) is 5.54 Å². The van der Waals surface area contributed by atoms with Crippen LogP contribution in [0.1, 0.15) is 28.4 Å². The summed E-state index contributed by atoms with van der Waals surface area (Å²) in [7, 11) is 0. The normalized spacial score (nSPS) is 14.0. The van der Waals surface area contributed by atoms with Crippen molar-refractivity contribution in [1.29, 1.82) is 0 Å². The van der Waals surface area contributed by atoms with Crippen molar-refractivity contribution >= 4 is 5.69 Å². The van der Waals surface area contributed by atoms with E-state index in [9.17, 15) is 0 Å². The summed E-state index contributed by atoms with van der Waals surface area (Å²) >= 11 is 0. The second-order valence-electron chi connectivity index (χ2n) is 9.28. The smallest absolute Gasteiger partial charge is 0.142 e. The first kappa shape index (κ1) is 23.1. The fourth-order valence-electron chi connectivity index (χ4n) is 5.60. The number of benzene rings is 4. The SMILES string of the molecule is NCC(c1cn(C(c2ccccc2)(c2ccccc2)c2ccccc2)cn1)N1CCOc2ccccc21. The van der Waals surface area contributed by atoms with Crippen LogP contribution in [0.3, 0.4) is 0 Å². The Morgan fingerprint density at radius 3 is 1.86 bits per heavy atom. The van der Waals surface area contributed by atoms with Gasteiger partial charge in [0, 0.05) is 12.7 Å². The van der Waals surface area contributed by atoms with E-state index in [4.69, 9.17) is 15.5 Å². The molecular formula is C32H30N4O. The number of ether oxygens (including phenoxy) is 1. The van der Waals surface area contributed by atoms with Crippen molar-refractivity contribution in [2.45, 2.75) is 11.6 Å². The highest BCUT2D eigenvalue weighted by molar-refractivity contribution is 5.61. The number of hydrogen-bond donors (Lipinski definition) is 1. The minimum absolute atomic E-state index is 0.0775. The van der Waals surface area contributed by atoms with Crippen molar-refractivity contribution in [3.63, 3.8) is 0 Å². The van der Waals surface area contributed by atoms with E-state index in [0.717, 1.165) is 40.4 Å². The molecule has 184 valence electrons. The van der Waals surface area contributed by atoms with Gasteiger partial charge in [-0.1, -0.05) is 103 Å². The number of fused-ring (bicyclic) bond motifs is 1. The maximum absolute atomic E-state index is 6.41. The first-order chi connectivity index (χ1) is 18.3. The second kappa shape index (κ2) is 9.96. The maximum Gasteiger partial charge on any atom is 0.142 e. The highest BCUT2D eigenvalue weighted by Crippen LogP contribution is 2.42. The van der Waals surface area contributed by atoms with E-state index in [2.05, 4.69) is 113 Å². The molecule has 4 aromatic carbocycles. The number of anilines is 1. The van der Waals surface area contributed by atoms with Crippen LogP contribution in [0.2, 0.25) is 0 Å². The van der Waals surface area contributed by atoms with Crippen LogP contribution in [0.4, 0.5) is 5.69 Å². The van der Waals surface area contributed by atoms with Gasteiger partial charge < -0.3 is 19.9 Å². The van der Waals surface area contributed by atoms with Crippen LogP contribution >= 0.6 is 0 Å². The number of aromatic nitrogens is 2. The molecule has 1 aliphatic rings. The number of imidazole rings is 1. The molecule has 0 spiro atoms. The lowest BCUT2D eigenvalue weighted by Gasteiger charge is -2.38. The van der Waals surface area contributed by atoms with E-state index in [1.54, 1.807) is 0 Å². The van der Waals surface area contributed by atoms with Crippen LogP contribution < -0.4 is 15.4 Å². The largest absolute Gasteiger partial charge is 0.490 e. The molecule has 0 saturated heterocycles. The monoisotopic (exact) mass is 486 g/mol. The molecule has 2 heterocycles. The van der Waals surface area contributed by atoms with E-state index in [-0.39, 0.29) is 6.04 Å². The van der Waals surface area contributed by atoms with Gasteiger partial charge in [-0.2, -0.15) is 0 Å². The van der Waals surface area contributed by atoms with Gasteiger partial charge in [-0.3, -0.25) is 0 Å². The van der Waals surface area contributed by atoms with Gasteiger partial charge in [-0.25, -0.2) is 4.98 Å². The van der Waals surface area contributed by atoms with Gasteiger partial charge in [0.2, 0.25) is 0 Å². The van der Waals surface area contributed by atoms with Crippen molar-refractivity contribution < 1.29 is 4.74 Å². The Morgan fingerprint density at radius 2 is 1.30 bits per heavy atom. The summed E-state index contributed by atoms with van der Waals surface area (Å²) in [6.45, 7) is 1.82. The summed E-state index contributed by atoms with van der Waals surface area (Å²) in [4.78, 5) is 7.30. The van der Waals surface area contributed by atoms with Crippen molar-refractivity contribution in [3.05, 3.63) is 150 Å². The summed E-state index contributed by atoms with van der Waals surface area (Å²) in [6, 6.07) is 40.0. The van der Waals surface area contributed by atoms with Gasteiger partial charge in [0.05, 0.1) is 30.3 Å². The zero-order valence-electron chi connectivity index (χ0n) is 20.7. The molecule has 1 aromatic heterocycles. The highest BCUT2D eigenvalue weighted by Gasteiger charge is 2.39. The second-order valence-corrected chi connectivity index (χ2v) is 9.28. The molecule has 1 atom stereocenters. The lowest BCUT2D eigenvalue weighted by Crippen LogP contribution is -2.40. The Labute approximate surface area is 217 Å². The quantitative estimate of drug-likeness (QED) is 0.303. The molecule has 0 aliphatic carbocycles. The first-order valence-electron chi connectivity index (χ1n) is 12.7. The van der Waals surface area contributed by atoms with Gasteiger partial charge >= 0.3 is 0 Å². The third-order valence-electron chi connectivity index (χ3n) is 7.27. The molecule has 37 heavy (non-hydrogen) atoms. The summed E-state index contributed by atoms with van der Waals surface area (Å²) in [5, 5.41) is 0. The number of hydrogen-bond acceptors (Lipinski definition) is 4. The average Bonchev–Trinajstić information content (AvgIpc) is 3.46. The average molecular weight is 487 g/mol. The minimum Gasteiger partial charge on any atom is -0.490 e. The van der Waals surface area contributed by atoms with E-state index < -0.39 is 5.54 Å². The Hall–Kier alpha value is -4.35. The lowest BCUT2D eigenvalue weighted by atomic mass is 9.77. The van der Waals surface area contributed by atoms with Gasteiger partial charge in [0.25, 0.3) is 0 Å². The van der Waals surface area contributed by atoms with Crippen molar-refractivity contribution in [2.75, 3.05) is 24.6 Å². The van der Waals surface area contributed by atoms with Gasteiger partial charge in [-0.15, -0.1) is 0 Å². The predicted molar refractivity (Wildman–Crippen MR) is 148 cm³/mol. The molecule has 2 N–H and O–H groups in total. The van der Waals surface area contributed by atoms with Gasteiger partial charge in [0.1, 0.15) is 17.9 Å². The summed E-state index contributed by atoms with van der Waals surface area (Å²) in [5.74, 6) is 0.888. The maximum atomic E-state index is 6.41. The van der Waals surface area contributed by atoms with Crippen LogP contribution in [0, 0.1) is 0 Å². The molecule has 1 aliphatic heterocycles. The lowest BCUT2D eigenvalue weighted by molar-refractivity contribution is 0.300. The molecule has 0 amide bonds. The van der Waals surface area contributed by atoms with Crippen LogP contribution in [0.25, 0.3) is 0 Å². The summed E-state index contributed by atoms with van der Waals surface area (Å²) in [6.07, 6.45) is 4.12. The summed E-state index contributed by atoms with van der Waals surface area (Å²) < 4.78 is 8.16. The molecule has 1 unspecified atom stereocenters. The fraction of sp³-hybridized carbons (Fsp3) is 0.156. The number of nitrogens with zero attached hydrogens (tertiary/aromatic N) is 3. The molecule has 0 radical (unpaired) electrons. The topological polar surface area (TPSA) is 56.3 Å². The number of para-hydroxylation sites is 2. The number of nitrogens with two attached hydrogens (primary N) is 1. The summed E-state index contributed by atoms with van der Waals surface area (Å²) in [5.41, 5.74) is 11.3. The molecule has 0 bridgehead atoms. The zero-order chi connectivity index (χ0) is 25.1. The van der Waals surface area contributed by atoms with Crippen molar-refractivity contribution in [1.82, 2.24) is 9.55 Å². The molecule has 5 aromatic rings. The van der Waals surface area contributed by atoms with Gasteiger partial charge in [0.15, 0.2) is 0 Å². The molecular weight excluding hydrogens is 456 g/mol.